The molecule has 1 N–H and O–H groups in total. The number of aryl methyl sites for hydroxylation is 3. The first-order valence-corrected chi connectivity index (χ1v) is 19.5. The summed E-state index contributed by atoms with van der Waals surface area (Å²) >= 11 is 6.19. The molecule has 0 spiro atoms. The molecular formula is C41H42ClF3N8O4. The smallest absolute Gasteiger partial charge is 0.366 e. The van der Waals surface area contributed by atoms with Crippen LogP contribution in [0.25, 0.3) is 17.2 Å². The van der Waals surface area contributed by atoms with Gasteiger partial charge in [0.1, 0.15) is 17.9 Å². The third-order valence-electron chi connectivity index (χ3n) is 11.2. The Bertz CT molecular complexity index is 2500. The van der Waals surface area contributed by atoms with E-state index >= 15 is 0 Å². The summed E-state index contributed by atoms with van der Waals surface area (Å²) in [5.74, 6) is -0.370. The molecule has 2 aliphatic heterocycles. The van der Waals surface area contributed by atoms with E-state index in [9.17, 15) is 27.6 Å². The van der Waals surface area contributed by atoms with Crippen molar-refractivity contribution in [2.75, 3.05) is 36.4 Å². The van der Waals surface area contributed by atoms with Crippen LogP contribution >= 0.6 is 11.6 Å². The number of ether oxygens (including phenoxy) is 1. The number of anilines is 2. The number of pyridine rings is 1. The predicted octanol–water partition coefficient (Wildman–Crippen LogP) is 6.74. The molecule has 8 rings (SSSR count). The number of aromatic nitrogens is 5. The molecule has 57 heavy (non-hydrogen) atoms. The largest absolute Gasteiger partial charge is 0.416 e. The average molecular weight is 803 g/mol. The summed E-state index contributed by atoms with van der Waals surface area (Å²) in [6, 6.07) is 10.6. The highest BCUT2D eigenvalue weighted by Gasteiger charge is 2.34. The number of nitrogens with one attached hydrogen (secondary N) is 1. The summed E-state index contributed by atoms with van der Waals surface area (Å²) in [6.07, 6.45) is -0.293. The van der Waals surface area contributed by atoms with Crippen LogP contribution in [0.1, 0.15) is 83.3 Å². The summed E-state index contributed by atoms with van der Waals surface area (Å²) in [7, 11) is 0. The van der Waals surface area contributed by atoms with Gasteiger partial charge in [-0.25, -0.2) is 4.98 Å². The van der Waals surface area contributed by atoms with Gasteiger partial charge in [0.25, 0.3) is 11.5 Å². The van der Waals surface area contributed by atoms with Gasteiger partial charge in [0.2, 0.25) is 11.7 Å². The molecule has 3 aromatic heterocycles. The molecule has 1 saturated heterocycles. The number of halogens is 4. The molecule has 0 saturated carbocycles. The molecular weight excluding hydrogens is 761 g/mol. The second-order valence-corrected chi connectivity index (χ2v) is 15.8. The van der Waals surface area contributed by atoms with Crippen LogP contribution in [0.3, 0.4) is 0 Å². The van der Waals surface area contributed by atoms with Crippen LogP contribution in [0.4, 0.5) is 24.5 Å². The van der Waals surface area contributed by atoms with E-state index in [0.29, 0.717) is 61.8 Å². The number of benzene rings is 2. The molecule has 3 aliphatic rings. The van der Waals surface area contributed by atoms with Crippen LogP contribution < -0.4 is 15.8 Å². The molecule has 1 aliphatic carbocycles. The van der Waals surface area contributed by atoms with E-state index in [0.717, 1.165) is 66.3 Å². The zero-order valence-corrected chi connectivity index (χ0v) is 32.9. The first kappa shape index (κ1) is 38.6. The van der Waals surface area contributed by atoms with E-state index in [-0.39, 0.29) is 34.8 Å². The van der Waals surface area contributed by atoms with Crippen molar-refractivity contribution in [1.29, 1.82) is 0 Å². The van der Waals surface area contributed by atoms with E-state index in [2.05, 4.69) is 16.5 Å². The highest BCUT2D eigenvalue weighted by Crippen LogP contribution is 2.38. The Morgan fingerprint density at radius 2 is 1.74 bits per heavy atom. The van der Waals surface area contributed by atoms with Crippen LogP contribution in [0.15, 0.2) is 47.3 Å². The second-order valence-electron chi connectivity index (χ2n) is 15.3. The van der Waals surface area contributed by atoms with Crippen molar-refractivity contribution in [3.8, 4) is 11.4 Å². The number of piperazine rings is 1. The number of rotatable bonds is 7. The van der Waals surface area contributed by atoms with Crippen LogP contribution in [0, 0.1) is 6.92 Å². The van der Waals surface area contributed by atoms with E-state index in [1.54, 1.807) is 9.47 Å². The third-order valence-corrected chi connectivity index (χ3v) is 11.5. The fourth-order valence-electron chi connectivity index (χ4n) is 8.20. The van der Waals surface area contributed by atoms with Gasteiger partial charge in [0.05, 0.1) is 34.2 Å². The Morgan fingerprint density at radius 1 is 0.982 bits per heavy atom. The van der Waals surface area contributed by atoms with Crippen molar-refractivity contribution in [1.82, 2.24) is 29.0 Å². The molecule has 0 radical (unpaired) electrons. The van der Waals surface area contributed by atoms with Crippen molar-refractivity contribution >= 4 is 40.6 Å². The van der Waals surface area contributed by atoms with Gasteiger partial charge in [-0.1, -0.05) is 36.7 Å². The molecule has 298 valence electrons. The maximum absolute atomic E-state index is 14.5. The molecule has 2 aromatic carbocycles. The SMILES string of the molecule is CCc1c(N2CCN(C(=O)c3nc4c(cc3C)CCCC4)CC2)c(=O)n2nc(-c3ccc4c(c3)COC4(C)C)nc2n1CC(=O)Nc1ccc(C(F)(F)F)cc1Cl. The number of hydrogen-bond acceptors (Lipinski definition) is 8. The number of alkyl halides is 3. The number of amides is 2. The van der Waals surface area contributed by atoms with Gasteiger partial charge in [-0.2, -0.15) is 22.7 Å². The van der Waals surface area contributed by atoms with Crippen molar-refractivity contribution in [3.05, 3.63) is 103 Å². The van der Waals surface area contributed by atoms with Gasteiger partial charge in [0.15, 0.2) is 5.82 Å². The molecule has 1 fully saturated rings. The molecule has 2 amide bonds. The van der Waals surface area contributed by atoms with Crippen LogP contribution in [-0.2, 0) is 53.7 Å². The minimum atomic E-state index is -4.61. The van der Waals surface area contributed by atoms with Crippen LogP contribution in [-0.4, -0.2) is 67.0 Å². The van der Waals surface area contributed by atoms with Gasteiger partial charge in [-0.05, 0) is 99.4 Å². The lowest BCUT2D eigenvalue weighted by Gasteiger charge is -2.37. The summed E-state index contributed by atoms with van der Waals surface area (Å²) in [5.41, 5.74) is 5.18. The maximum atomic E-state index is 14.5. The van der Waals surface area contributed by atoms with Gasteiger partial charge < -0.3 is 24.4 Å². The third kappa shape index (κ3) is 7.15. The number of fused-ring (bicyclic) bond motifs is 3. The summed E-state index contributed by atoms with van der Waals surface area (Å²) in [6.45, 7) is 9.15. The van der Waals surface area contributed by atoms with E-state index < -0.39 is 28.8 Å². The monoisotopic (exact) mass is 802 g/mol. The highest BCUT2D eigenvalue weighted by atomic mass is 35.5. The Balaban J connectivity index is 1.14. The second kappa shape index (κ2) is 14.6. The minimum absolute atomic E-state index is 0.000105. The normalized spacial score (nSPS) is 16.5. The van der Waals surface area contributed by atoms with Crippen molar-refractivity contribution in [2.24, 2.45) is 0 Å². The fourth-order valence-corrected chi connectivity index (χ4v) is 8.43. The van der Waals surface area contributed by atoms with Gasteiger partial charge in [-0.15, -0.1) is 5.10 Å². The summed E-state index contributed by atoms with van der Waals surface area (Å²) in [4.78, 5) is 55.3. The number of carbonyl (C=O) groups is 2. The Hall–Kier alpha value is -5.28. The molecule has 0 unspecified atom stereocenters. The van der Waals surface area contributed by atoms with Gasteiger partial charge >= 0.3 is 6.18 Å². The molecule has 0 bridgehead atoms. The van der Waals surface area contributed by atoms with Gasteiger partial charge in [0, 0.05) is 37.4 Å². The molecule has 16 heteroatoms. The predicted molar refractivity (Wildman–Crippen MR) is 209 cm³/mol. The first-order valence-electron chi connectivity index (χ1n) is 19.1. The fraction of sp³-hybridized carbons (Fsp3) is 0.415. The average Bonchev–Trinajstić information content (AvgIpc) is 3.77. The summed E-state index contributed by atoms with van der Waals surface area (Å²) in [5, 5.41) is 7.02. The van der Waals surface area contributed by atoms with E-state index in [4.69, 9.17) is 26.3 Å². The van der Waals surface area contributed by atoms with Crippen LogP contribution in [0.5, 0.6) is 0 Å². The summed E-state index contributed by atoms with van der Waals surface area (Å²) < 4.78 is 48.7. The molecule has 5 heterocycles. The number of carbonyl (C=O) groups excluding carboxylic acids is 2. The number of nitrogens with zero attached hydrogens (tertiary/aromatic N) is 7. The lowest BCUT2D eigenvalue weighted by Crippen LogP contribution is -2.51. The standard InChI is InChI=1S/C41H42ClF3N8O4/c1-5-32-35(50-14-16-51(17-15-50)37(55)34-23(2)18-24-8-6-7-9-30(24)47-34)38(56)53-39(48-36(49-53)25-10-12-28-26(19-25)22-57-40(28,3)4)52(32)21-33(54)46-31-13-11-27(20-29(31)42)41(43,44)45/h10-13,18-20H,5-9,14-17,21-22H2,1-4H3,(H,46,54). The Labute approximate surface area is 331 Å². The van der Waals surface area contributed by atoms with E-state index in [1.807, 2.05) is 50.8 Å². The highest BCUT2D eigenvalue weighted by molar-refractivity contribution is 6.33. The first-order chi connectivity index (χ1) is 27.1. The lowest BCUT2D eigenvalue weighted by atomic mass is 9.94. The molecule has 0 atom stereocenters. The Kier molecular flexibility index (Phi) is 9.87. The zero-order valence-electron chi connectivity index (χ0n) is 32.1. The molecule has 12 nitrogen and oxygen atoms in total. The maximum Gasteiger partial charge on any atom is 0.416 e. The van der Waals surface area contributed by atoms with Crippen LogP contribution in [0.2, 0.25) is 5.02 Å². The lowest BCUT2D eigenvalue weighted by molar-refractivity contribution is -0.137. The molecule has 5 aromatic rings. The van der Waals surface area contributed by atoms with E-state index in [1.165, 1.54) is 10.1 Å². The zero-order chi connectivity index (χ0) is 40.4. The minimum Gasteiger partial charge on any atom is -0.366 e. The van der Waals surface area contributed by atoms with Crippen molar-refractivity contribution < 1.29 is 27.5 Å². The van der Waals surface area contributed by atoms with Crippen molar-refractivity contribution in [2.45, 2.75) is 84.7 Å². The van der Waals surface area contributed by atoms with Crippen molar-refractivity contribution in [3.63, 3.8) is 0 Å². The number of hydrogen-bond donors (Lipinski definition) is 1. The van der Waals surface area contributed by atoms with Gasteiger partial charge in [-0.3, -0.25) is 14.4 Å². The Morgan fingerprint density at radius 3 is 2.46 bits per heavy atom. The topological polar surface area (TPSA) is 127 Å². The quantitative estimate of drug-likeness (QED) is 0.192.